The summed E-state index contributed by atoms with van der Waals surface area (Å²) in [5, 5.41) is 0.600. The molecule has 106 valence electrons. The van der Waals surface area contributed by atoms with Crippen LogP contribution < -0.4 is 5.56 Å². The Kier molecular flexibility index (Phi) is 6.08. The van der Waals surface area contributed by atoms with E-state index in [1.807, 2.05) is 32.3 Å². The lowest BCUT2D eigenvalue weighted by Gasteiger charge is -2.19. The number of hydrogen-bond donors (Lipinski definition) is 0. The Bertz CT molecular complexity index is 481. The SMILES string of the molecule is CCN(CC)C(=O)CSc1nc(=O)ccn1C(C)C. The maximum absolute atomic E-state index is 11.9. The van der Waals surface area contributed by atoms with Crippen molar-refractivity contribution in [2.24, 2.45) is 0 Å². The highest BCUT2D eigenvalue weighted by atomic mass is 32.2. The molecule has 0 aliphatic carbocycles. The largest absolute Gasteiger partial charge is 0.343 e. The van der Waals surface area contributed by atoms with Crippen LogP contribution in [0.4, 0.5) is 0 Å². The van der Waals surface area contributed by atoms with Crippen molar-refractivity contribution in [1.82, 2.24) is 14.5 Å². The van der Waals surface area contributed by atoms with Gasteiger partial charge >= 0.3 is 0 Å². The zero-order valence-corrected chi connectivity index (χ0v) is 12.7. The average molecular weight is 283 g/mol. The number of amides is 1. The third-order valence-electron chi connectivity index (χ3n) is 2.80. The molecule has 1 rings (SSSR count). The number of rotatable bonds is 6. The fourth-order valence-corrected chi connectivity index (χ4v) is 2.70. The van der Waals surface area contributed by atoms with Crippen molar-refractivity contribution in [3.05, 3.63) is 22.6 Å². The van der Waals surface area contributed by atoms with Crippen LogP contribution in [-0.4, -0.2) is 39.2 Å². The molecular weight excluding hydrogens is 262 g/mol. The molecule has 0 fully saturated rings. The predicted octanol–water partition coefficient (Wildman–Crippen LogP) is 1.78. The van der Waals surface area contributed by atoms with Gasteiger partial charge in [-0.2, -0.15) is 4.98 Å². The molecule has 0 aromatic carbocycles. The van der Waals surface area contributed by atoms with E-state index < -0.39 is 0 Å². The highest BCUT2D eigenvalue weighted by molar-refractivity contribution is 7.99. The Hall–Kier alpha value is -1.30. The van der Waals surface area contributed by atoms with E-state index in [4.69, 9.17) is 0 Å². The summed E-state index contributed by atoms with van der Waals surface area (Å²) in [4.78, 5) is 29.0. The molecule has 0 aliphatic rings. The molecule has 0 N–H and O–H groups in total. The molecule has 5 nitrogen and oxygen atoms in total. The quantitative estimate of drug-likeness (QED) is 0.590. The van der Waals surface area contributed by atoms with E-state index in [0.29, 0.717) is 24.0 Å². The van der Waals surface area contributed by atoms with Gasteiger partial charge in [0, 0.05) is 31.4 Å². The van der Waals surface area contributed by atoms with Crippen molar-refractivity contribution in [3.8, 4) is 0 Å². The molecule has 0 spiro atoms. The monoisotopic (exact) mass is 283 g/mol. The Labute approximate surface area is 118 Å². The number of thioether (sulfide) groups is 1. The first-order valence-electron chi connectivity index (χ1n) is 6.49. The zero-order chi connectivity index (χ0) is 14.4. The van der Waals surface area contributed by atoms with Crippen LogP contribution in [0, 0.1) is 0 Å². The minimum absolute atomic E-state index is 0.0726. The Morgan fingerprint density at radius 3 is 2.58 bits per heavy atom. The molecular formula is C13H21N3O2S. The molecule has 0 saturated carbocycles. The highest BCUT2D eigenvalue weighted by Gasteiger charge is 2.13. The van der Waals surface area contributed by atoms with E-state index in [1.165, 1.54) is 17.8 Å². The molecule has 0 atom stereocenters. The van der Waals surface area contributed by atoms with Crippen LogP contribution in [-0.2, 0) is 4.79 Å². The van der Waals surface area contributed by atoms with Crippen molar-refractivity contribution >= 4 is 17.7 Å². The van der Waals surface area contributed by atoms with Crippen molar-refractivity contribution < 1.29 is 4.79 Å². The molecule has 1 amide bonds. The van der Waals surface area contributed by atoms with Crippen LogP contribution in [0.25, 0.3) is 0 Å². The summed E-state index contributed by atoms with van der Waals surface area (Å²) in [6.07, 6.45) is 1.73. The average Bonchev–Trinajstić information content (AvgIpc) is 2.37. The summed E-state index contributed by atoms with van der Waals surface area (Å²) < 4.78 is 1.90. The standard InChI is InChI=1S/C13H21N3O2S/c1-5-15(6-2)12(18)9-19-13-14-11(17)7-8-16(13)10(3)4/h7-8,10H,5-6,9H2,1-4H3. The minimum atomic E-state index is -0.269. The molecule has 1 aromatic heterocycles. The summed E-state index contributed by atoms with van der Waals surface area (Å²) >= 11 is 1.32. The topological polar surface area (TPSA) is 55.2 Å². The van der Waals surface area contributed by atoms with Gasteiger partial charge in [-0.25, -0.2) is 0 Å². The van der Waals surface area contributed by atoms with Crippen LogP contribution in [0.1, 0.15) is 33.7 Å². The zero-order valence-electron chi connectivity index (χ0n) is 11.9. The number of carbonyl (C=O) groups is 1. The van der Waals surface area contributed by atoms with E-state index in [9.17, 15) is 9.59 Å². The van der Waals surface area contributed by atoms with E-state index >= 15 is 0 Å². The molecule has 0 radical (unpaired) electrons. The van der Waals surface area contributed by atoms with Gasteiger partial charge < -0.3 is 9.47 Å². The van der Waals surface area contributed by atoms with Gasteiger partial charge in [0.05, 0.1) is 5.75 Å². The van der Waals surface area contributed by atoms with E-state index in [1.54, 1.807) is 11.1 Å². The third-order valence-corrected chi connectivity index (χ3v) is 3.75. The molecule has 0 unspecified atom stereocenters. The summed E-state index contributed by atoms with van der Waals surface area (Å²) in [5.41, 5.74) is -0.269. The van der Waals surface area contributed by atoms with Gasteiger partial charge in [0.2, 0.25) is 5.91 Å². The fraction of sp³-hybridized carbons (Fsp3) is 0.615. The molecule has 6 heteroatoms. The Morgan fingerprint density at radius 2 is 2.05 bits per heavy atom. The van der Waals surface area contributed by atoms with Crippen molar-refractivity contribution in [2.45, 2.75) is 38.9 Å². The lowest BCUT2D eigenvalue weighted by molar-refractivity contribution is -0.127. The second kappa shape index (κ2) is 7.33. The number of hydrogen-bond acceptors (Lipinski definition) is 4. The number of nitrogens with zero attached hydrogens (tertiary/aromatic N) is 3. The first-order valence-corrected chi connectivity index (χ1v) is 7.47. The smallest absolute Gasteiger partial charge is 0.273 e. The Morgan fingerprint density at radius 1 is 1.42 bits per heavy atom. The van der Waals surface area contributed by atoms with Gasteiger partial charge in [0.15, 0.2) is 5.16 Å². The number of aromatic nitrogens is 2. The van der Waals surface area contributed by atoms with Crippen LogP contribution >= 0.6 is 11.8 Å². The highest BCUT2D eigenvalue weighted by Crippen LogP contribution is 2.18. The van der Waals surface area contributed by atoms with Gasteiger partial charge in [-0.1, -0.05) is 11.8 Å². The van der Waals surface area contributed by atoms with Crippen LogP contribution in [0.5, 0.6) is 0 Å². The second-order valence-electron chi connectivity index (χ2n) is 4.40. The van der Waals surface area contributed by atoms with Crippen LogP contribution in [0.15, 0.2) is 22.2 Å². The van der Waals surface area contributed by atoms with Gasteiger partial charge in [0.25, 0.3) is 5.56 Å². The van der Waals surface area contributed by atoms with Crippen LogP contribution in [0.3, 0.4) is 0 Å². The maximum Gasteiger partial charge on any atom is 0.273 e. The van der Waals surface area contributed by atoms with Crippen molar-refractivity contribution in [3.63, 3.8) is 0 Å². The van der Waals surface area contributed by atoms with Gasteiger partial charge in [-0.3, -0.25) is 9.59 Å². The summed E-state index contributed by atoms with van der Waals surface area (Å²) in [6, 6.07) is 1.65. The first-order chi connectivity index (χ1) is 8.99. The maximum atomic E-state index is 11.9. The summed E-state index contributed by atoms with van der Waals surface area (Å²) in [5.74, 6) is 0.383. The Balaban J connectivity index is 2.79. The number of carbonyl (C=O) groups excluding carboxylic acids is 1. The van der Waals surface area contributed by atoms with E-state index in [0.717, 1.165) is 0 Å². The molecule has 0 saturated heterocycles. The molecule has 19 heavy (non-hydrogen) atoms. The van der Waals surface area contributed by atoms with E-state index in [-0.39, 0.29) is 17.5 Å². The fourth-order valence-electron chi connectivity index (χ4n) is 1.69. The molecule has 1 aromatic rings. The minimum Gasteiger partial charge on any atom is -0.343 e. The van der Waals surface area contributed by atoms with Crippen LogP contribution in [0.2, 0.25) is 0 Å². The van der Waals surface area contributed by atoms with Gasteiger partial charge in [0.1, 0.15) is 0 Å². The van der Waals surface area contributed by atoms with Gasteiger partial charge in [-0.05, 0) is 27.7 Å². The predicted molar refractivity (Wildman–Crippen MR) is 77.5 cm³/mol. The van der Waals surface area contributed by atoms with E-state index in [2.05, 4.69) is 4.98 Å². The lowest BCUT2D eigenvalue weighted by atomic mass is 10.4. The second-order valence-corrected chi connectivity index (χ2v) is 5.35. The summed E-state index contributed by atoms with van der Waals surface area (Å²) in [6.45, 7) is 9.35. The normalized spacial score (nSPS) is 10.8. The van der Waals surface area contributed by atoms with Gasteiger partial charge in [-0.15, -0.1) is 0 Å². The first kappa shape index (κ1) is 15.8. The summed E-state index contributed by atoms with van der Waals surface area (Å²) in [7, 11) is 0. The van der Waals surface area contributed by atoms with Crippen molar-refractivity contribution in [2.75, 3.05) is 18.8 Å². The molecule has 0 aliphatic heterocycles. The van der Waals surface area contributed by atoms with Crippen molar-refractivity contribution in [1.29, 1.82) is 0 Å². The lowest BCUT2D eigenvalue weighted by Crippen LogP contribution is -2.32. The molecule has 0 bridgehead atoms. The third kappa shape index (κ3) is 4.38. The molecule has 1 heterocycles.